The largest absolute Gasteiger partial charge is 0.398 e. The highest BCUT2D eigenvalue weighted by Crippen LogP contribution is 2.31. The van der Waals surface area contributed by atoms with Crippen LogP contribution in [0.2, 0.25) is 0 Å². The lowest BCUT2D eigenvalue weighted by atomic mass is 9.96. The molecule has 1 unspecified atom stereocenters. The Kier molecular flexibility index (Phi) is 3.08. The van der Waals surface area contributed by atoms with E-state index in [1.54, 1.807) is 18.3 Å². The van der Waals surface area contributed by atoms with E-state index < -0.39 is 11.9 Å². The molecule has 1 aromatic heterocycles. The Bertz CT molecular complexity index is 768. The van der Waals surface area contributed by atoms with E-state index >= 15 is 0 Å². The summed E-state index contributed by atoms with van der Waals surface area (Å²) in [5.41, 5.74) is 7.99. The molecule has 0 aliphatic carbocycles. The quantitative estimate of drug-likeness (QED) is 0.702. The number of fused-ring (bicyclic) bond motifs is 1. The van der Waals surface area contributed by atoms with Crippen molar-refractivity contribution in [2.45, 2.75) is 6.10 Å². The zero-order valence-electron chi connectivity index (χ0n) is 10.6. The highest BCUT2D eigenvalue weighted by molar-refractivity contribution is 5.83. The van der Waals surface area contributed by atoms with Crippen molar-refractivity contribution in [2.75, 3.05) is 5.73 Å². The lowest BCUT2D eigenvalue weighted by molar-refractivity contribution is 0.222. The van der Waals surface area contributed by atoms with Crippen molar-refractivity contribution in [3.8, 4) is 0 Å². The first-order valence-electron chi connectivity index (χ1n) is 6.23. The molecule has 20 heavy (non-hydrogen) atoms. The molecule has 0 aliphatic heterocycles. The van der Waals surface area contributed by atoms with Crippen LogP contribution in [0.5, 0.6) is 0 Å². The molecule has 0 saturated heterocycles. The van der Waals surface area contributed by atoms with Crippen molar-refractivity contribution in [3.05, 3.63) is 71.7 Å². The van der Waals surface area contributed by atoms with E-state index in [0.717, 1.165) is 10.9 Å². The van der Waals surface area contributed by atoms with Crippen LogP contribution in [0.3, 0.4) is 0 Å². The highest BCUT2D eigenvalue weighted by atomic mass is 19.1. The van der Waals surface area contributed by atoms with Crippen LogP contribution in [0.15, 0.2) is 54.7 Å². The molecule has 1 heterocycles. The molecular formula is C16H13FN2O. The molecule has 0 spiro atoms. The van der Waals surface area contributed by atoms with E-state index in [-0.39, 0.29) is 0 Å². The summed E-state index contributed by atoms with van der Waals surface area (Å²) in [6.07, 6.45) is 0.702. The molecule has 0 bridgehead atoms. The van der Waals surface area contributed by atoms with E-state index in [9.17, 15) is 9.50 Å². The first kappa shape index (κ1) is 12.6. The van der Waals surface area contributed by atoms with Crippen molar-refractivity contribution in [3.63, 3.8) is 0 Å². The van der Waals surface area contributed by atoms with Crippen LogP contribution < -0.4 is 5.73 Å². The molecule has 1 atom stereocenters. The van der Waals surface area contributed by atoms with Crippen LogP contribution >= 0.6 is 0 Å². The molecule has 2 aromatic carbocycles. The summed E-state index contributed by atoms with van der Waals surface area (Å²) in [5, 5.41) is 11.3. The lowest BCUT2D eigenvalue weighted by Gasteiger charge is -2.16. The van der Waals surface area contributed by atoms with Gasteiger partial charge in [0.05, 0.1) is 5.52 Å². The van der Waals surface area contributed by atoms with Crippen molar-refractivity contribution in [2.24, 2.45) is 0 Å². The molecule has 0 radical (unpaired) electrons. The first-order chi connectivity index (χ1) is 9.66. The van der Waals surface area contributed by atoms with E-state index in [1.807, 2.05) is 18.2 Å². The van der Waals surface area contributed by atoms with Gasteiger partial charge in [-0.25, -0.2) is 4.39 Å². The van der Waals surface area contributed by atoms with E-state index in [4.69, 9.17) is 5.73 Å². The summed E-state index contributed by atoms with van der Waals surface area (Å²) in [7, 11) is 0. The van der Waals surface area contributed by atoms with Crippen molar-refractivity contribution in [1.29, 1.82) is 0 Å². The van der Waals surface area contributed by atoms with Gasteiger partial charge in [-0.2, -0.15) is 0 Å². The second-order valence-electron chi connectivity index (χ2n) is 4.59. The molecule has 0 saturated carbocycles. The molecule has 0 aliphatic rings. The number of benzene rings is 2. The third-order valence-corrected chi connectivity index (χ3v) is 3.32. The number of nitrogens with two attached hydrogens (primary N) is 1. The van der Waals surface area contributed by atoms with E-state index in [0.29, 0.717) is 16.8 Å². The van der Waals surface area contributed by atoms with Gasteiger partial charge in [0.25, 0.3) is 0 Å². The summed E-state index contributed by atoms with van der Waals surface area (Å²) in [6, 6.07) is 13.1. The number of aliphatic hydroxyl groups excluding tert-OH is 1. The minimum absolute atomic E-state index is 0.361. The van der Waals surface area contributed by atoms with Gasteiger partial charge in [0.15, 0.2) is 0 Å². The number of rotatable bonds is 2. The molecule has 3 N–H and O–H groups in total. The maximum absolute atomic E-state index is 13.4. The molecule has 0 fully saturated rings. The van der Waals surface area contributed by atoms with Crippen LogP contribution in [-0.2, 0) is 0 Å². The predicted molar refractivity (Wildman–Crippen MR) is 76.6 cm³/mol. The smallest absolute Gasteiger partial charge is 0.123 e. The van der Waals surface area contributed by atoms with Crippen molar-refractivity contribution < 1.29 is 9.50 Å². The number of hydrogen-bond acceptors (Lipinski definition) is 3. The Hall–Kier alpha value is -2.46. The maximum Gasteiger partial charge on any atom is 0.123 e. The van der Waals surface area contributed by atoms with Crippen LogP contribution in [0.1, 0.15) is 17.2 Å². The summed E-state index contributed by atoms with van der Waals surface area (Å²) in [6.45, 7) is 0. The second-order valence-corrected chi connectivity index (χ2v) is 4.59. The van der Waals surface area contributed by atoms with E-state index in [2.05, 4.69) is 4.98 Å². The minimum atomic E-state index is -0.987. The summed E-state index contributed by atoms with van der Waals surface area (Å²) >= 11 is 0. The average Bonchev–Trinajstić information content (AvgIpc) is 2.48. The van der Waals surface area contributed by atoms with Crippen LogP contribution in [0, 0.1) is 5.82 Å². The molecule has 100 valence electrons. The van der Waals surface area contributed by atoms with Gasteiger partial charge in [-0.15, -0.1) is 0 Å². The number of anilines is 1. The fourth-order valence-electron chi connectivity index (χ4n) is 2.32. The Morgan fingerprint density at radius 1 is 1.05 bits per heavy atom. The van der Waals surface area contributed by atoms with Crippen molar-refractivity contribution in [1.82, 2.24) is 4.98 Å². The number of aliphatic hydroxyl groups is 1. The average molecular weight is 268 g/mol. The van der Waals surface area contributed by atoms with Gasteiger partial charge in [-0.05, 0) is 35.9 Å². The Morgan fingerprint density at radius 2 is 1.90 bits per heavy atom. The summed E-state index contributed by atoms with van der Waals surface area (Å²) < 4.78 is 13.4. The predicted octanol–water partition coefficient (Wildman–Crippen LogP) is 3.04. The monoisotopic (exact) mass is 268 g/mol. The maximum atomic E-state index is 13.4. The van der Waals surface area contributed by atoms with Crippen LogP contribution in [0.25, 0.3) is 10.9 Å². The Balaban J connectivity index is 2.17. The van der Waals surface area contributed by atoms with Crippen LogP contribution in [-0.4, -0.2) is 10.1 Å². The number of nitrogen functional groups attached to an aromatic ring is 1. The molecule has 3 nitrogen and oxygen atoms in total. The fourth-order valence-corrected chi connectivity index (χ4v) is 2.32. The highest BCUT2D eigenvalue weighted by Gasteiger charge is 2.16. The SMILES string of the molecule is Nc1ccc(F)cc1C(O)c1cccc2ncccc12. The Labute approximate surface area is 115 Å². The fraction of sp³-hybridized carbons (Fsp3) is 0.0625. The molecule has 4 heteroatoms. The summed E-state index contributed by atoms with van der Waals surface area (Å²) in [4.78, 5) is 4.24. The number of halogens is 1. The number of nitrogens with zero attached hydrogens (tertiary/aromatic N) is 1. The third kappa shape index (κ3) is 2.10. The zero-order chi connectivity index (χ0) is 14.1. The molecular weight excluding hydrogens is 255 g/mol. The van der Waals surface area contributed by atoms with Gasteiger partial charge < -0.3 is 10.8 Å². The molecule has 3 rings (SSSR count). The third-order valence-electron chi connectivity index (χ3n) is 3.32. The minimum Gasteiger partial charge on any atom is -0.398 e. The number of hydrogen-bond donors (Lipinski definition) is 2. The second kappa shape index (κ2) is 4.90. The summed E-state index contributed by atoms with van der Waals surface area (Å²) in [5.74, 6) is -0.424. The first-order valence-corrected chi connectivity index (χ1v) is 6.23. The lowest BCUT2D eigenvalue weighted by Crippen LogP contribution is -2.05. The standard InChI is InChI=1S/C16H13FN2O/c17-10-6-7-14(18)13(9-10)16(20)12-3-1-5-15-11(12)4-2-8-19-15/h1-9,16,20H,18H2. The van der Waals surface area contributed by atoms with Gasteiger partial charge in [0.1, 0.15) is 11.9 Å². The van der Waals surface area contributed by atoms with Gasteiger partial charge in [0.2, 0.25) is 0 Å². The van der Waals surface area contributed by atoms with Crippen molar-refractivity contribution >= 4 is 16.6 Å². The van der Waals surface area contributed by atoms with Gasteiger partial charge in [-0.3, -0.25) is 4.98 Å². The van der Waals surface area contributed by atoms with E-state index in [1.165, 1.54) is 18.2 Å². The Morgan fingerprint density at radius 3 is 2.75 bits per heavy atom. The van der Waals surface area contributed by atoms with Crippen LogP contribution in [0.4, 0.5) is 10.1 Å². The molecule has 0 amide bonds. The van der Waals surface area contributed by atoms with Gasteiger partial charge in [-0.1, -0.05) is 18.2 Å². The van der Waals surface area contributed by atoms with Gasteiger partial charge >= 0.3 is 0 Å². The topological polar surface area (TPSA) is 59.1 Å². The number of aromatic nitrogens is 1. The molecule has 3 aromatic rings. The normalized spacial score (nSPS) is 12.5. The number of pyridine rings is 1. The zero-order valence-corrected chi connectivity index (χ0v) is 10.6. The van der Waals surface area contributed by atoms with Gasteiger partial charge in [0, 0.05) is 22.8 Å².